The molecule has 0 radical (unpaired) electrons. The van der Waals surface area contributed by atoms with Crippen molar-refractivity contribution in [1.29, 1.82) is 0 Å². The highest BCUT2D eigenvalue weighted by Gasteiger charge is 2.30. The van der Waals surface area contributed by atoms with Crippen LogP contribution in [0.4, 0.5) is 4.39 Å². The largest absolute Gasteiger partial charge is 0.467 e. The fraction of sp³-hybridized carbons (Fsp3) is 0.375. The van der Waals surface area contributed by atoms with Crippen LogP contribution in [-0.2, 0) is 0 Å². The summed E-state index contributed by atoms with van der Waals surface area (Å²) >= 11 is 0. The Hall–Kier alpha value is -1.65. The summed E-state index contributed by atoms with van der Waals surface area (Å²) in [5.74, 6) is 0.894. The molecule has 2 N–H and O–H groups in total. The molecule has 1 aliphatic rings. The number of aliphatic hydroxyl groups is 1. The molecule has 3 nitrogen and oxygen atoms in total. The van der Waals surface area contributed by atoms with Crippen LogP contribution in [0, 0.1) is 5.82 Å². The van der Waals surface area contributed by atoms with Gasteiger partial charge in [-0.25, -0.2) is 4.39 Å². The van der Waals surface area contributed by atoms with Crippen molar-refractivity contribution in [2.24, 2.45) is 0 Å². The molecule has 1 aliphatic carbocycles. The molecule has 1 saturated carbocycles. The second-order valence-electron chi connectivity index (χ2n) is 5.36. The average molecular weight is 275 g/mol. The fourth-order valence-electron chi connectivity index (χ4n) is 2.65. The zero-order valence-electron chi connectivity index (χ0n) is 11.1. The second-order valence-corrected chi connectivity index (χ2v) is 5.36. The summed E-state index contributed by atoms with van der Waals surface area (Å²) in [5, 5.41) is 13.2. The molecule has 0 aliphatic heterocycles. The van der Waals surface area contributed by atoms with Crippen LogP contribution in [0.5, 0.6) is 0 Å². The number of benzene rings is 1. The smallest absolute Gasteiger partial charge is 0.133 e. The lowest BCUT2D eigenvalue weighted by Gasteiger charge is -2.36. The molecule has 0 unspecified atom stereocenters. The van der Waals surface area contributed by atoms with Gasteiger partial charge in [0, 0.05) is 12.6 Å². The van der Waals surface area contributed by atoms with Gasteiger partial charge in [0.25, 0.3) is 0 Å². The highest BCUT2D eigenvalue weighted by molar-refractivity contribution is 5.23. The van der Waals surface area contributed by atoms with Crippen molar-refractivity contribution in [3.05, 3.63) is 59.8 Å². The molecule has 1 heterocycles. The van der Waals surface area contributed by atoms with E-state index < -0.39 is 6.10 Å². The van der Waals surface area contributed by atoms with Crippen LogP contribution >= 0.6 is 0 Å². The molecule has 4 heteroatoms. The summed E-state index contributed by atoms with van der Waals surface area (Å²) in [6, 6.07) is 10.7. The lowest BCUT2D eigenvalue weighted by molar-refractivity contribution is 0.134. The van der Waals surface area contributed by atoms with Crippen LogP contribution < -0.4 is 5.32 Å². The molecule has 0 bridgehead atoms. The minimum atomic E-state index is -0.602. The monoisotopic (exact) mass is 275 g/mol. The first kappa shape index (κ1) is 13.3. The van der Waals surface area contributed by atoms with Gasteiger partial charge < -0.3 is 14.8 Å². The van der Waals surface area contributed by atoms with Gasteiger partial charge in [0.15, 0.2) is 0 Å². The van der Waals surface area contributed by atoms with E-state index in [4.69, 9.17) is 4.42 Å². The summed E-state index contributed by atoms with van der Waals surface area (Å²) in [6.45, 7) is 0.494. The molecule has 3 rings (SSSR count). The third kappa shape index (κ3) is 2.92. The van der Waals surface area contributed by atoms with Gasteiger partial charge in [-0.15, -0.1) is 0 Å². The maximum absolute atomic E-state index is 12.8. The van der Waals surface area contributed by atoms with Gasteiger partial charge in [0.1, 0.15) is 17.7 Å². The number of hydrogen-bond acceptors (Lipinski definition) is 3. The Morgan fingerprint density at radius 2 is 2.00 bits per heavy atom. The minimum absolute atomic E-state index is 0.190. The first-order chi connectivity index (χ1) is 9.72. The van der Waals surface area contributed by atoms with Crippen LogP contribution in [0.25, 0.3) is 0 Å². The Morgan fingerprint density at radius 3 is 2.65 bits per heavy atom. The number of furan rings is 1. The SMILES string of the molecule is O[C@H](CNC1CC(c2ccc(F)cc2)C1)c1ccco1. The van der Waals surface area contributed by atoms with Crippen LogP contribution in [0.3, 0.4) is 0 Å². The Balaban J connectivity index is 1.43. The van der Waals surface area contributed by atoms with Gasteiger partial charge in [0.2, 0.25) is 0 Å². The summed E-state index contributed by atoms with van der Waals surface area (Å²) < 4.78 is 18.0. The minimum Gasteiger partial charge on any atom is -0.467 e. The Morgan fingerprint density at radius 1 is 1.25 bits per heavy atom. The van der Waals surface area contributed by atoms with E-state index in [1.165, 1.54) is 17.7 Å². The molecule has 1 aromatic heterocycles. The molecular formula is C16H18FNO2. The van der Waals surface area contributed by atoms with Crippen LogP contribution in [-0.4, -0.2) is 17.7 Å². The molecule has 1 aromatic carbocycles. The van der Waals surface area contributed by atoms with E-state index >= 15 is 0 Å². The van der Waals surface area contributed by atoms with E-state index in [0.717, 1.165) is 12.8 Å². The quantitative estimate of drug-likeness (QED) is 0.881. The molecule has 0 amide bonds. The Labute approximate surface area is 117 Å². The molecule has 2 aromatic rings. The van der Waals surface area contributed by atoms with Crippen LogP contribution in [0.2, 0.25) is 0 Å². The number of aliphatic hydroxyl groups excluding tert-OH is 1. The molecular weight excluding hydrogens is 257 g/mol. The average Bonchev–Trinajstić information content (AvgIpc) is 2.92. The van der Waals surface area contributed by atoms with Crippen molar-refractivity contribution < 1.29 is 13.9 Å². The summed E-state index contributed by atoms with van der Waals surface area (Å²) in [6.07, 6.45) is 3.01. The van der Waals surface area contributed by atoms with E-state index in [1.807, 2.05) is 12.1 Å². The highest BCUT2D eigenvalue weighted by atomic mass is 19.1. The summed E-state index contributed by atoms with van der Waals surface area (Å²) in [7, 11) is 0. The lowest BCUT2D eigenvalue weighted by atomic mass is 9.76. The topological polar surface area (TPSA) is 45.4 Å². The van der Waals surface area contributed by atoms with E-state index in [9.17, 15) is 9.50 Å². The van der Waals surface area contributed by atoms with Gasteiger partial charge in [-0.05, 0) is 48.6 Å². The zero-order chi connectivity index (χ0) is 13.9. The van der Waals surface area contributed by atoms with Crippen molar-refractivity contribution >= 4 is 0 Å². The number of halogens is 1. The molecule has 20 heavy (non-hydrogen) atoms. The maximum Gasteiger partial charge on any atom is 0.133 e. The molecule has 106 valence electrons. The van der Waals surface area contributed by atoms with Crippen LogP contribution in [0.1, 0.15) is 36.2 Å². The zero-order valence-corrected chi connectivity index (χ0v) is 11.1. The van der Waals surface area contributed by atoms with Gasteiger partial charge >= 0.3 is 0 Å². The van der Waals surface area contributed by atoms with E-state index in [-0.39, 0.29) is 5.82 Å². The van der Waals surface area contributed by atoms with Gasteiger partial charge in [-0.3, -0.25) is 0 Å². The van der Waals surface area contributed by atoms with Crippen molar-refractivity contribution in [3.8, 4) is 0 Å². The molecule has 0 saturated heterocycles. The Bertz CT molecular complexity index is 532. The third-order valence-electron chi connectivity index (χ3n) is 3.95. The highest BCUT2D eigenvalue weighted by Crippen LogP contribution is 2.36. The standard InChI is InChI=1S/C16H18FNO2/c17-13-5-3-11(4-6-13)12-8-14(9-12)18-10-15(19)16-2-1-7-20-16/h1-7,12,14-15,18-19H,8-10H2/t12?,14?,15-/m1/s1. The normalized spacial score (nSPS) is 23.3. The predicted molar refractivity (Wildman–Crippen MR) is 73.8 cm³/mol. The van der Waals surface area contributed by atoms with E-state index in [2.05, 4.69) is 5.32 Å². The molecule has 1 atom stereocenters. The van der Waals surface area contributed by atoms with E-state index in [1.54, 1.807) is 18.4 Å². The lowest BCUT2D eigenvalue weighted by Crippen LogP contribution is -2.41. The van der Waals surface area contributed by atoms with Crippen LogP contribution in [0.15, 0.2) is 47.1 Å². The first-order valence-electron chi connectivity index (χ1n) is 6.92. The molecule has 1 fully saturated rings. The number of hydrogen-bond donors (Lipinski definition) is 2. The molecule has 0 spiro atoms. The predicted octanol–water partition coefficient (Wildman–Crippen LogP) is 2.99. The van der Waals surface area contributed by atoms with Crippen molar-refractivity contribution in [2.75, 3.05) is 6.54 Å². The van der Waals surface area contributed by atoms with Gasteiger partial charge in [-0.1, -0.05) is 12.1 Å². The number of rotatable bonds is 5. The maximum atomic E-state index is 12.8. The fourth-order valence-corrected chi connectivity index (χ4v) is 2.65. The number of nitrogens with one attached hydrogen (secondary N) is 1. The van der Waals surface area contributed by atoms with E-state index in [0.29, 0.717) is 24.3 Å². The first-order valence-corrected chi connectivity index (χ1v) is 6.92. The summed E-state index contributed by atoms with van der Waals surface area (Å²) in [5.41, 5.74) is 1.19. The third-order valence-corrected chi connectivity index (χ3v) is 3.95. The van der Waals surface area contributed by atoms with Gasteiger partial charge in [-0.2, -0.15) is 0 Å². The van der Waals surface area contributed by atoms with Crippen molar-refractivity contribution in [3.63, 3.8) is 0 Å². The second kappa shape index (κ2) is 5.77. The van der Waals surface area contributed by atoms with Crippen molar-refractivity contribution in [2.45, 2.75) is 30.9 Å². The Kier molecular flexibility index (Phi) is 3.85. The summed E-state index contributed by atoms with van der Waals surface area (Å²) in [4.78, 5) is 0. The van der Waals surface area contributed by atoms with Crippen molar-refractivity contribution in [1.82, 2.24) is 5.32 Å². The van der Waals surface area contributed by atoms with Gasteiger partial charge in [0.05, 0.1) is 6.26 Å².